The summed E-state index contributed by atoms with van der Waals surface area (Å²) in [5.74, 6) is -1.23. The lowest BCUT2D eigenvalue weighted by molar-refractivity contribution is -0.316. The zero-order valence-corrected chi connectivity index (χ0v) is 10.8. The third kappa shape index (κ3) is 2.70. The van der Waals surface area contributed by atoms with E-state index in [1.807, 2.05) is 30.3 Å². The molecule has 5 nitrogen and oxygen atoms in total. The van der Waals surface area contributed by atoms with Gasteiger partial charge < -0.3 is 14.6 Å². The Kier molecular flexibility index (Phi) is 3.74. The Hall–Kier alpha value is -2.04. The van der Waals surface area contributed by atoms with E-state index in [2.05, 4.69) is 0 Å². The summed E-state index contributed by atoms with van der Waals surface area (Å²) >= 11 is 0. The minimum atomic E-state index is -1.26. The van der Waals surface area contributed by atoms with Crippen molar-refractivity contribution in [2.75, 3.05) is 6.54 Å². The van der Waals surface area contributed by atoms with Crippen LogP contribution in [0.4, 0.5) is 4.79 Å². The predicted molar refractivity (Wildman–Crippen MR) is 66.0 cm³/mol. The molecule has 1 amide bonds. The number of nitrogens with zero attached hydrogens (tertiary/aromatic N) is 1. The number of aliphatic carboxylic acids is 1. The zero-order chi connectivity index (χ0) is 13.9. The number of amides is 1. The Balaban J connectivity index is 1.98. The minimum absolute atomic E-state index is 0.138. The van der Waals surface area contributed by atoms with Gasteiger partial charge in [-0.25, -0.2) is 4.79 Å². The van der Waals surface area contributed by atoms with Crippen LogP contribution < -0.4 is 5.11 Å². The molecule has 1 atom stereocenters. The first-order valence-corrected chi connectivity index (χ1v) is 6.24. The molecule has 0 saturated carbocycles. The molecular weight excluding hydrogens is 246 g/mol. The number of carbonyl (C=O) groups excluding carboxylic acids is 2. The molecule has 1 aromatic carbocycles. The van der Waals surface area contributed by atoms with Crippen LogP contribution in [0.3, 0.4) is 0 Å². The second-order valence-electron chi connectivity index (χ2n) is 4.86. The highest BCUT2D eigenvalue weighted by Gasteiger charge is 2.41. The lowest BCUT2D eigenvalue weighted by Crippen LogP contribution is -2.56. The van der Waals surface area contributed by atoms with E-state index in [0.29, 0.717) is 19.4 Å². The summed E-state index contributed by atoms with van der Waals surface area (Å²) in [5, 5.41) is 11.2. The lowest BCUT2D eigenvalue weighted by Gasteiger charge is -2.35. The number of carbonyl (C=O) groups is 2. The average molecular weight is 262 g/mol. The SMILES string of the molecule is C[C@@]1(C(=O)[O-])CCCN1C(=O)OCc1ccccc1. The molecule has 102 valence electrons. The van der Waals surface area contributed by atoms with E-state index in [1.54, 1.807) is 0 Å². The third-order valence-corrected chi connectivity index (χ3v) is 3.51. The van der Waals surface area contributed by atoms with Gasteiger partial charge in [0.25, 0.3) is 0 Å². The van der Waals surface area contributed by atoms with Crippen LogP contribution in [0.25, 0.3) is 0 Å². The first-order valence-electron chi connectivity index (χ1n) is 6.24. The molecule has 0 aliphatic carbocycles. The summed E-state index contributed by atoms with van der Waals surface area (Å²) in [5.41, 5.74) is -0.390. The van der Waals surface area contributed by atoms with E-state index in [-0.39, 0.29) is 6.61 Å². The molecule has 1 heterocycles. The average Bonchev–Trinajstić information content (AvgIpc) is 2.81. The number of rotatable bonds is 3. The summed E-state index contributed by atoms with van der Waals surface area (Å²) in [4.78, 5) is 24.3. The molecule has 2 rings (SSSR count). The molecule has 1 aliphatic rings. The van der Waals surface area contributed by atoms with Gasteiger partial charge in [-0.1, -0.05) is 30.3 Å². The number of hydrogen-bond donors (Lipinski definition) is 0. The van der Waals surface area contributed by atoms with E-state index >= 15 is 0 Å². The predicted octanol–water partition coefficient (Wildman–Crippen LogP) is 0.928. The van der Waals surface area contributed by atoms with E-state index in [4.69, 9.17) is 4.74 Å². The first-order chi connectivity index (χ1) is 9.04. The number of ether oxygens (including phenoxy) is 1. The van der Waals surface area contributed by atoms with Crippen molar-refractivity contribution in [2.45, 2.75) is 31.9 Å². The molecule has 0 spiro atoms. The van der Waals surface area contributed by atoms with Gasteiger partial charge >= 0.3 is 6.09 Å². The molecule has 0 aromatic heterocycles. The fraction of sp³-hybridized carbons (Fsp3) is 0.429. The highest BCUT2D eigenvalue weighted by atomic mass is 16.6. The van der Waals surface area contributed by atoms with E-state index in [0.717, 1.165) is 5.56 Å². The minimum Gasteiger partial charge on any atom is -0.548 e. The van der Waals surface area contributed by atoms with Crippen LogP contribution in [-0.2, 0) is 16.1 Å². The molecule has 1 aromatic rings. The van der Waals surface area contributed by atoms with E-state index < -0.39 is 17.6 Å². The quantitative estimate of drug-likeness (QED) is 0.812. The van der Waals surface area contributed by atoms with Crippen molar-refractivity contribution >= 4 is 12.1 Å². The highest BCUT2D eigenvalue weighted by Crippen LogP contribution is 2.29. The van der Waals surface area contributed by atoms with Crippen LogP contribution in [0, 0.1) is 0 Å². The lowest BCUT2D eigenvalue weighted by atomic mass is 10.00. The molecule has 0 N–H and O–H groups in total. The Labute approximate surface area is 111 Å². The maximum Gasteiger partial charge on any atom is 0.410 e. The van der Waals surface area contributed by atoms with Crippen molar-refractivity contribution in [1.29, 1.82) is 0 Å². The van der Waals surface area contributed by atoms with Crippen LogP contribution in [0.15, 0.2) is 30.3 Å². The van der Waals surface area contributed by atoms with Crippen molar-refractivity contribution in [3.63, 3.8) is 0 Å². The van der Waals surface area contributed by atoms with Crippen molar-refractivity contribution in [2.24, 2.45) is 0 Å². The number of hydrogen-bond acceptors (Lipinski definition) is 4. The summed E-state index contributed by atoms with van der Waals surface area (Å²) in [6.07, 6.45) is 0.439. The van der Waals surface area contributed by atoms with Crippen LogP contribution >= 0.6 is 0 Å². The van der Waals surface area contributed by atoms with Crippen LogP contribution in [0.1, 0.15) is 25.3 Å². The number of benzene rings is 1. The smallest absolute Gasteiger partial charge is 0.410 e. The number of carboxylic acid groups (broad SMARTS) is 1. The van der Waals surface area contributed by atoms with Gasteiger partial charge in [0.05, 0.1) is 11.5 Å². The van der Waals surface area contributed by atoms with Crippen LogP contribution in [0.2, 0.25) is 0 Å². The van der Waals surface area contributed by atoms with Gasteiger partial charge in [0.2, 0.25) is 0 Å². The summed E-state index contributed by atoms with van der Waals surface area (Å²) in [7, 11) is 0. The van der Waals surface area contributed by atoms with Crippen LogP contribution in [-0.4, -0.2) is 29.0 Å². The largest absolute Gasteiger partial charge is 0.548 e. The van der Waals surface area contributed by atoms with Gasteiger partial charge in [-0.15, -0.1) is 0 Å². The molecule has 19 heavy (non-hydrogen) atoms. The molecule has 1 saturated heterocycles. The standard InChI is InChI=1S/C14H17NO4/c1-14(12(16)17)8-5-9-15(14)13(18)19-10-11-6-3-2-4-7-11/h2-4,6-7H,5,8-10H2,1H3,(H,16,17)/p-1/t14-/m0/s1. The van der Waals surface area contributed by atoms with Crippen molar-refractivity contribution in [1.82, 2.24) is 4.90 Å². The number of carboxylic acids is 1. The second kappa shape index (κ2) is 5.30. The van der Waals surface area contributed by atoms with Gasteiger partial charge in [0.1, 0.15) is 6.61 Å². The van der Waals surface area contributed by atoms with Crippen LogP contribution in [0.5, 0.6) is 0 Å². The fourth-order valence-electron chi connectivity index (χ4n) is 2.27. The van der Waals surface area contributed by atoms with E-state index in [9.17, 15) is 14.7 Å². The summed E-state index contributed by atoms with van der Waals surface area (Å²) in [6, 6.07) is 9.26. The Morgan fingerprint density at radius 3 is 2.68 bits per heavy atom. The molecule has 5 heteroatoms. The van der Waals surface area contributed by atoms with Gasteiger partial charge in [-0.3, -0.25) is 4.90 Å². The summed E-state index contributed by atoms with van der Waals surface area (Å²) < 4.78 is 5.15. The second-order valence-corrected chi connectivity index (χ2v) is 4.86. The normalized spacial score (nSPS) is 22.3. The van der Waals surface area contributed by atoms with E-state index in [1.165, 1.54) is 11.8 Å². The monoisotopic (exact) mass is 262 g/mol. The topological polar surface area (TPSA) is 69.7 Å². The fourth-order valence-corrected chi connectivity index (χ4v) is 2.27. The Morgan fingerprint density at radius 1 is 1.37 bits per heavy atom. The molecular formula is C14H16NO4-. The highest BCUT2D eigenvalue weighted by molar-refractivity contribution is 5.83. The van der Waals surface area contributed by atoms with Crippen molar-refractivity contribution in [3.8, 4) is 0 Å². The van der Waals surface area contributed by atoms with Crippen molar-refractivity contribution in [3.05, 3.63) is 35.9 Å². The third-order valence-electron chi connectivity index (χ3n) is 3.51. The number of likely N-dealkylation sites (tertiary alicyclic amines) is 1. The Bertz CT molecular complexity index is 474. The van der Waals surface area contributed by atoms with Gasteiger partial charge in [0, 0.05) is 6.54 Å². The molecule has 1 fully saturated rings. The van der Waals surface area contributed by atoms with Crippen molar-refractivity contribution < 1.29 is 19.4 Å². The zero-order valence-electron chi connectivity index (χ0n) is 10.8. The van der Waals surface area contributed by atoms with Gasteiger partial charge in [-0.05, 0) is 25.3 Å². The molecule has 0 unspecified atom stereocenters. The Morgan fingerprint density at radius 2 is 2.05 bits per heavy atom. The first kappa shape index (κ1) is 13.4. The molecule has 1 aliphatic heterocycles. The molecule has 0 bridgehead atoms. The maximum absolute atomic E-state index is 12.0. The van der Waals surface area contributed by atoms with Gasteiger partial charge in [0.15, 0.2) is 0 Å². The maximum atomic E-state index is 12.0. The molecule has 0 radical (unpaired) electrons. The van der Waals surface area contributed by atoms with Gasteiger partial charge in [-0.2, -0.15) is 0 Å². The summed E-state index contributed by atoms with van der Waals surface area (Å²) in [6.45, 7) is 2.02.